The fourth-order valence-corrected chi connectivity index (χ4v) is 3.06. The smallest absolute Gasteiger partial charge is 0.343 e. The van der Waals surface area contributed by atoms with Crippen LogP contribution in [0.25, 0.3) is 6.08 Å². The first kappa shape index (κ1) is 19.3. The number of rotatable bonds is 5. The first-order valence-corrected chi connectivity index (χ1v) is 9.16. The van der Waals surface area contributed by atoms with Gasteiger partial charge in [-0.2, -0.15) is 0 Å². The number of carbonyl (C=O) groups is 2. The number of Topliss-reactive ketones (excluding diaryl/α,β-unsaturated/α-hetero) is 1. The van der Waals surface area contributed by atoms with Gasteiger partial charge in [0.05, 0.1) is 25.3 Å². The molecular formula is C24H18O6. The van der Waals surface area contributed by atoms with Crippen molar-refractivity contribution in [2.45, 2.75) is 0 Å². The third-order valence-corrected chi connectivity index (χ3v) is 4.57. The van der Waals surface area contributed by atoms with Crippen molar-refractivity contribution in [1.82, 2.24) is 0 Å². The minimum Gasteiger partial charge on any atom is -0.493 e. The third-order valence-electron chi connectivity index (χ3n) is 4.57. The van der Waals surface area contributed by atoms with Crippen molar-refractivity contribution >= 4 is 17.8 Å². The Bertz CT molecular complexity index is 1150. The molecule has 150 valence electrons. The van der Waals surface area contributed by atoms with Crippen molar-refractivity contribution in [3.63, 3.8) is 0 Å². The molecule has 0 saturated carbocycles. The number of methoxy groups -OCH3 is 2. The molecule has 0 unspecified atom stereocenters. The van der Waals surface area contributed by atoms with E-state index in [0.29, 0.717) is 34.1 Å². The fourth-order valence-electron chi connectivity index (χ4n) is 3.06. The standard InChI is InChI=1S/C24H18O6/c1-27-19-11-8-15(12-21(19)28-2)13-22-23(25)18-10-9-17(14-20(18)30-22)29-24(26)16-6-4-3-5-7-16/h3-14H,1-2H3/b22-13-. The number of benzene rings is 3. The van der Waals surface area contributed by atoms with Crippen LogP contribution in [0.1, 0.15) is 26.3 Å². The SMILES string of the molecule is COc1ccc(/C=C2\Oc3cc(OC(=O)c4ccccc4)ccc3C2=O)cc1OC. The van der Waals surface area contributed by atoms with Crippen LogP contribution in [0.2, 0.25) is 0 Å². The summed E-state index contributed by atoms with van der Waals surface area (Å²) in [5.41, 5.74) is 1.56. The zero-order chi connectivity index (χ0) is 21.1. The van der Waals surface area contributed by atoms with Crippen LogP contribution in [0.4, 0.5) is 0 Å². The van der Waals surface area contributed by atoms with Gasteiger partial charge in [-0.25, -0.2) is 4.79 Å². The van der Waals surface area contributed by atoms with Crippen LogP contribution in [0.5, 0.6) is 23.0 Å². The van der Waals surface area contributed by atoms with Crippen LogP contribution in [0, 0.1) is 0 Å². The number of hydrogen-bond donors (Lipinski definition) is 0. The molecule has 0 bridgehead atoms. The monoisotopic (exact) mass is 402 g/mol. The third kappa shape index (κ3) is 3.75. The van der Waals surface area contributed by atoms with Gasteiger partial charge in [-0.05, 0) is 48.0 Å². The maximum absolute atomic E-state index is 12.7. The molecule has 1 aliphatic rings. The number of allylic oxidation sites excluding steroid dienone is 1. The summed E-state index contributed by atoms with van der Waals surface area (Å²) in [5, 5.41) is 0. The van der Waals surface area contributed by atoms with Crippen LogP contribution >= 0.6 is 0 Å². The Morgan fingerprint density at radius 2 is 1.67 bits per heavy atom. The van der Waals surface area contributed by atoms with Crippen LogP contribution in [-0.2, 0) is 0 Å². The molecule has 0 fully saturated rings. The van der Waals surface area contributed by atoms with Gasteiger partial charge < -0.3 is 18.9 Å². The topological polar surface area (TPSA) is 71.1 Å². The molecule has 6 nitrogen and oxygen atoms in total. The van der Waals surface area contributed by atoms with Gasteiger partial charge in [0.1, 0.15) is 11.5 Å². The Kier molecular flexibility index (Phi) is 5.22. The van der Waals surface area contributed by atoms with Gasteiger partial charge in [-0.3, -0.25) is 4.79 Å². The zero-order valence-electron chi connectivity index (χ0n) is 16.4. The summed E-state index contributed by atoms with van der Waals surface area (Å²) in [7, 11) is 3.10. The Balaban J connectivity index is 1.56. The van der Waals surface area contributed by atoms with E-state index in [2.05, 4.69) is 0 Å². The lowest BCUT2D eigenvalue weighted by atomic mass is 10.1. The Morgan fingerprint density at radius 1 is 0.900 bits per heavy atom. The minimum atomic E-state index is -0.485. The highest BCUT2D eigenvalue weighted by molar-refractivity contribution is 6.14. The second-order valence-corrected chi connectivity index (χ2v) is 6.47. The van der Waals surface area contributed by atoms with E-state index in [1.807, 2.05) is 6.07 Å². The maximum atomic E-state index is 12.7. The highest BCUT2D eigenvalue weighted by atomic mass is 16.5. The van der Waals surface area contributed by atoms with Crippen molar-refractivity contribution in [2.75, 3.05) is 14.2 Å². The molecule has 1 heterocycles. The first-order valence-electron chi connectivity index (χ1n) is 9.16. The van der Waals surface area contributed by atoms with Gasteiger partial charge in [0.25, 0.3) is 0 Å². The lowest BCUT2D eigenvalue weighted by molar-refractivity contribution is 0.0734. The molecule has 0 radical (unpaired) electrons. The van der Waals surface area contributed by atoms with Gasteiger partial charge >= 0.3 is 5.97 Å². The molecule has 0 N–H and O–H groups in total. The quantitative estimate of drug-likeness (QED) is 0.355. The largest absolute Gasteiger partial charge is 0.493 e. The molecule has 3 aromatic rings. The fraction of sp³-hybridized carbons (Fsp3) is 0.0833. The Hall–Kier alpha value is -4.06. The number of esters is 1. The lowest BCUT2D eigenvalue weighted by Gasteiger charge is -2.08. The Morgan fingerprint density at radius 3 is 2.40 bits per heavy atom. The highest BCUT2D eigenvalue weighted by Crippen LogP contribution is 2.36. The summed E-state index contributed by atoms with van der Waals surface area (Å²) in [5.74, 6) is 1.20. The number of carbonyl (C=O) groups excluding carboxylic acids is 2. The van der Waals surface area contributed by atoms with Gasteiger partial charge in [-0.1, -0.05) is 24.3 Å². The number of fused-ring (bicyclic) bond motifs is 1. The lowest BCUT2D eigenvalue weighted by Crippen LogP contribution is -2.08. The van der Waals surface area contributed by atoms with E-state index < -0.39 is 5.97 Å². The number of ether oxygens (including phenoxy) is 4. The van der Waals surface area contributed by atoms with E-state index in [4.69, 9.17) is 18.9 Å². The van der Waals surface area contributed by atoms with E-state index in [0.717, 1.165) is 5.56 Å². The van der Waals surface area contributed by atoms with Crippen molar-refractivity contribution in [3.05, 3.63) is 89.2 Å². The average molecular weight is 402 g/mol. The molecule has 6 heteroatoms. The molecule has 30 heavy (non-hydrogen) atoms. The van der Waals surface area contributed by atoms with Crippen LogP contribution in [-0.4, -0.2) is 26.0 Å². The van der Waals surface area contributed by atoms with Gasteiger partial charge in [0, 0.05) is 6.07 Å². The van der Waals surface area contributed by atoms with E-state index in [-0.39, 0.29) is 11.5 Å². The molecule has 0 spiro atoms. The van der Waals surface area contributed by atoms with Crippen molar-refractivity contribution in [2.24, 2.45) is 0 Å². The zero-order valence-corrected chi connectivity index (χ0v) is 16.4. The second-order valence-electron chi connectivity index (χ2n) is 6.47. The summed E-state index contributed by atoms with van der Waals surface area (Å²) in [6.45, 7) is 0. The van der Waals surface area contributed by atoms with Gasteiger partial charge in [-0.15, -0.1) is 0 Å². The second kappa shape index (κ2) is 8.13. The summed E-state index contributed by atoms with van der Waals surface area (Å²) in [6, 6.07) is 18.6. The summed E-state index contributed by atoms with van der Waals surface area (Å²) < 4.78 is 21.6. The van der Waals surface area contributed by atoms with Gasteiger partial charge in [0.15, 0.2) is 17.3 Å². The van der Waals surface area contributed by atoms with Crippen LogP contribution < -0.4 is 18.9 Å². The highest BCUT2D eigenvalue weighted by Gasteiger charge is 2.28. The van der Waals surface area contributed by atoms with E-state index in [1.165, 1.54) is 6.07 Å². The molecule has 0 aromatic heterocycles. The van der Waals surface area contributed by atoms with Crippen molar-refractivity contribution in [3.8, 4) is 23.0 Å². The van der Waals surface area contributed by atoms with Gasteiger partial charge in [0.2, 0.25) is 5.78 Å². The van der Waals surface area contributed by atoms with Crippen LogP contribution in [0.3, 0.4) is 0 Å². The van der Waals surface area contributed by atoms with E-state index >= 15 is 0 Å². The molecule has 0 atom stereocenters. The molecule has 0 aliphatic carbocycles. The molecule has 1 aliphatic heterocycles. The van der Waals surface area contributed by atoms with Crippen molar-refractivity contribution < 1.29 is 28.5 Å². The number of hydrogen-bond acceptors (Lipinski definition) is 6. The summed E-state index contributed by atoms with van der Waals surface area (Å²) >= 11 is 0. The maximum Gasteiger partial charge on any atom is 0.343 e. The minimum absolute atomic E-state index is 0.170. The molecule has 0 saturated heterocycles. The molecule has 3 aromatic carbocycles. The van der Waals surface area contributed by atoms with Crippen molar-refractivity contribution in [1.29, 1.82) is 0 Å². The van der Waals surface area contributed by atoms with Crippen LogP contribution in [0.15, 0.2) is 72.5 Å². The molecule has 0 amide bonds. The van der Waals surface area contributed by atoms with E-state index in [9.17, 15) is 9.59 Å². The van der Waals surface area contributed by atoms with E-state index in [1.54, 1.807) is 74.9 Å². The molecule has 4 rings (SSSR count). The average Bonchev–Trinajstić information content (AvgIpc) is 3.08. The summed E-state index contributed by atoms with van der Waals surface area (Å²) in [6.07, 6.45) is 1.62. The predicted octanol–water partition coefficient (Wildman–Crippen LogP) is 4.54. The molecular weight excluding hydrogens is 384 g/mol. The number of ketones is 1. The Labute approximate surface area is 173 Å². The first-order chi connectivity index (χ1) is 14.6. The predicted molar refractivity (Wildman–Crippen MR) is 110 cm³/mol. The normalized spacial score (nSPS) is 13.5. The summed E-state index contributed by atoms with van der Waals surface area (Å²) in [4.78, 5) is 24.9.